The lowest BCUT2D eigenvalue weighted by molar-refractivity contribution is -0.113. The zero-order valence-corrected chi connectivity index (χ0v) is 21.1. The predicted octanol–water partition coefficient (Wildman–Crippen LogP) is 5.22. The van der Waals surface area contributed by atoms with E-state index in [-0.39, 0.29) is 17.1 Å². The zero-order valence-electron chi connectivity index (χ0n) is 19.5. The number of aromatic nitrogens is 3. The number of fused-ring (bicyclic) bond motifs is 1. The zero-order chi connectivity index (χ0) is 23.6. The smallest absolute Gasteiger partial charge is 0.235 e. The third-order valence-corrected chi connectivity index (χ3v) is 8.51. The Kier molecular flexibility index (Phi) is 6.91. The number of carbonyl (C=O) groups excluding carboxylic acids is 1. The molecule has 0 aliphatic heterocycles. The van der Waals surface area contributed by atoms with Crippen LogP contribution in [0.1, 0.15) is 54.6 Å². The van der Waals surface area contributed by atoms with E-state index in [0.29, 0.717) is 28.1 Å². The van der Waals surface area contributed by atoms with Crippen LogP contribution in [-0.4, -0.2) is 26.4 Å². The molecule has 0 unspecified atom stereocenters. The van der Waals surface area contributed by atoms with Crippen molar-refractivity contribution in [1.29, 1.82) is 5.26 Å². The number of anilines is 1. The van der Waals surface area contributed by atoms with Gasteiger partial charge < -0.3 is 9.88 Å². The average molecular weight is 480 g/mol. The third kappa shape index (κ3) is 5.31. The van der Waals surface area contributed by atoms with Gasteiger partial charge in [0.05, 0.1) is 11.3 Å². The molecule has 172 valence electrons. The highest BCUT2D eigenvalue weighted by atomic mass is 32.2. The molecule has 0 bridgehead atoms. The van der Waals surface area contributed by atoms with Crippen molar-refractivity contribution in [2.45, 2.75) is 51.6 Å². The Labute approximate surface area is 203 Å². The van der Waals surface area contributed by atoms with Crippen LogP contribution in [0, 0.1) is 22.7 Å². The Bertz CT molecular complexity index is 1180. The molecule has 0 saturated carbocycles. The van der Waals surface area contributed by atoms with E-state index in [4.69, 9.17) is 0 Å². The number of nitriles is 1. The van der Waals surface area contributed by atoms with E-state index >= 15 is 0 Å². The van der Waals surface area contributed by atoms with Gasteiger partial charge in [0.25, 0.3) is 0 Å². The molecule has 1 aliphatic rings. The molecule has 2 heterocycles. The van der Waals surface area contributed by atoms with Crippen LogP contribution in [0.2, 0.25) is 0 Å². The Morgan fingerprint density at radius 3 is 2.76 bits per heavy atom. The monoisotopic (exact) mass is 479 g/mol. The standard InChI is InChI=1S/C25H29N5OS2/c1-25(2,3)17-10-11-18-19(14-26)23(33-20(18)13-17)27-22(31)15-32-24-29-28-21(30(24)4)12-16-8-6-5-7-9-16/h5-9,17H,10-13,15H2,1-4H3,(H,27,31)/t17-/m1/s1. The quantitative estimate of drug-likeness (QED) is 0.490. The minimum Gasteiger partial charge on any atom is -0.316 e. The molecule has 1 aromatic carbocycles. The molecule has 8 heteroatoms. The van der Waals surface area contributed by atoms with Crippen LogP contribution in [0.25, 0.3) is 0 Å². The summed E-state index contributed by atoms with van der Waals surface area (Å²) >= 11 is 2.92. The minimum absolute atomic E-state index is 0.130. The van der Waals surface area contributed by atoms with Gasteiger partial charge in [-0.2, -0.15) is 5.26 Å². The van der Waals surface area contributed by atoms with Crippen molar-refractivity contribution in [3.8, 4) is 6.07 Å². The fourth-order valence-corrected chi connectivity index (χ4v) is 6.25. The molecule has 2 aromatic heterocycles. The van der Waals surface area contributed by atoms with Crippen LogP contribution in [0.4, 0.5) is 5.00 Å². The summed E-state index contributed by atoms with van der Waals surface area (Å²) in [6, 6.07) is 12.5. The second kappa shape index (κ2) is 9.70. The highest BCUT2D eigenvalue weighted by Gasteiger charge is 2.32. The number of amides is 1. The van der Waals surface area contributed by atoms with Crippen LogP contribution >= 0.6 is 23.1 Å². The topological polar surface area (TPSA) is 83.6 Å². The van der Waals surface area contributed by atoms with Gasteiger partial charge in [0.15, 0.2) is 5.16 Å². The van der Waals surface area contributed by atoms with E-state index in [9.17, 15) is 10.1 Å². The number of thioether (sulfide) groups is 1. The number of hydrogen-bond donors (Lipinski definition) is 1. The number of thiophene rings is 1. The van der Waals surface area contributed by atoms with Crippen molar-refractivity contribution in [2.24, 2.45) is 18.4 Å². The summed E-state index contributed by atoms with van der Waals surface area (Å²) in [5.74, 6) is 1.54. The molecule has 0 saturated heterocycles. The molecule has 1 N–H and O–H groups in total. The molecule has 1 amide bonds. The maximum atomic E-state index is 12.7. The second-order valence-electron chi connectivity index (χ2n) is 9.58. The van der Waals surface area contributed by atoms with Gasteiger partial charge in [0.2, 0.25) is 5.91 Å². The van der Waals surface area contributed by atoms with Gasteiger partial charge in [0, 0.05) is 18.3 Å². The van der Waals surface area contributed by atoms with Crippen LogP contribution < -0.4 is 5.32 Å². The number of benzene rings is 1. The van der Waals surface area contributed by atoms with Gasteiger partial charge in [0.1, 0.15) is 16.9 Å². The number of hydrogen-bond acceptors (Lipinski definition) is 6. The Morgan fingerprint density at radius 1 is 1.30 bits per heavy atom. The molecular weight excluding hydrogens is 450 g/mol. The van der Waals surface area contributed by atoms with Crippen molar-refractivity contribution in [3.63, 3.8) is 0 Å². The van der Waals surface area contributed by atoms with Gasteiger partial charge in [-0.05, 0) is 41.7 Å². The van der Waals surface area contributed by atoms with E-state index in [1.807, 2.05) is 29.8 Å². The predicted molar refractivity (Wildman–Crippen MR) is 134 cm³/mol. The van der Waals surface area contributed by atoms with E-state index < -0.39 is 0 Å². The van der Waals surface area contributed by atoms with Crippen molar-refractivity contribution in [2.75, 3.05) is 11.1 Å². The molecule has 3 aromatic rings. The normalized spacial score (nSPS) is 15.7. The maximum Gasteiger partial charge on any atom is 0.235 e. The molecule has 0 radical (unpaired) electrons. The summed E-state index contributed by atoms with van der Waals surface area (Å²) in [6.07, 6.45) is 3.66. The molecular formula is C25H29N5OS2. The van der Waals surface area contributed by atoms with Crippen molar-refractivity contribution in [3.05, 3.63) is 57.7 Å². The van der Waals surface area contributed by atoms with Gasteiger partial charge in [-0.25, -0.2) is 0 Å². The lowest BCUT2D eigenvalue weighted by atomic mass is 9.72. The number of nitrogens with zero attached hydrogens (tertiary/aromatic N) is 4. The van der Waals surface area contributed by atoms with Crippen LogP contribution in [0.3, 0.4) is 0 Å². The van der Waals surface area contributed by atoms with Crippen molar-refractivity contribution in [1.82, 2.24) is 14.8 Å². The largest absolute Gasteiger partial charge is 0.316 e. The molecule has 4 rings (SSSR count). The maximum absolute atomic E-state index is 12.7. The van der Waals surface area contributed by atoms with Crippen LogP contribution in [-0.2, 0) is 31.1 Å². The summed E-state index contributed by atoms with van der Waals surface area (Å²) < 4.78 is 1.93. The summed E-state index contributed by atoms with van der Waals surface area (Å²) in [4.78, 5) is 14.0. The van der Waals surface area contributed by atoms with Gasteiger partial charge >= 0.3 is 0 Å². The number of carbonyl (C=O) groups is 1. The van der Waals surface area contributed by atoms with Gasteiger partial charge in [-0.15, -0.1) is 21.5 Å². The lowest BCUT2D eigenvalue weighted by Gasteiger charge is -2.33. The second-order valence-corrected chi connectivity index (χ2v) is 11.6. The molecule has 33 heavy (non-hydrogen) atoms. The first kappa shape index (κ1) is 23.5. The molecule has 6 nitrogen and oxygen atoms in total. The summed E-state index contributed by atoms with van der Waals surface area (Å²) in [6.45, 7) is 6.83. The first-order valence-corrected chi connectivity index (χ1v) is 13.0. The molecule has 0 spiro atoms. The van der Waals surface area contributed by atoms with Gasteiger partial charge in [-0.3, -0.25) is 4.79 Å². The highest BCUT2D eigenvalue weighted by Crippen LogP contribution is 2.44. The molecule has 1 aliphatic carbocycles. The van der Waals surface area contributed by atoms with E-state index in [0.717, 1.165) is 30.7 Å². The Morgan fingerprint density at radius 2 is 2.06 bits per heavy atom. The number of nitrogens with one attached hydrogen (secondary N) is 1. The van der Waals surface area contributed by atoms with E-state index in [2.05, 4.69) is 54.5 Å². The minimum atomic E-state index is -0.130. The third-order valence-electron chi connectivity index (χ3n) is 6.32. The van der Waals surface area contributed by atoms with Crippen molar-refractivity contribution >= 4 is 34.0 Å². The van der Waals surface area contributed by atoms with Crippen LogP contribution in [0.15, 0.2) is 35.5 Å². The summed E-state index contributed by atoms with van der Waals surface area (Å²) in [7, 11) is 1.92. The lowest BCUT2D eigenvalue weighted by Crippen LogP contribution is -2.26. The van der Waals surface area contributed by atoms with E-state index in [1.54, 1.807) is 11.3 Å². The van der Waals surface area contributed by atoms with Gasteiger partial charge in [-0.1, -0.05) is 62.9 Å². The fourth-order valence-electron chi connectivity index (χ4n) is 4.23. The molecule has 0 fully saturated rings. The average Bonchev–Trinajstić information content (AvgIpc) is 3.31. The number of rotatable bonds is 6. The summed E-state index contributed by atoms with van der Waals surface area (Å²) in [5.41, 5.74) is 3.18. The Balaban J connectivity index is 1.39. The summed E-state index contributed by atoms with van der Waals surface area (Å²) in [5, 5.41) is 22.7. The first-order valence-electron chi connectivity index (χ1n) is 11.2. The van der Waals surface area contributed by atoms with Crippen molar-refractivity contribution < 1.29 is 4.79 Å². The first-order chi connectivity index (χ1) is 15.8. The molecule has 1 atom stereocenters. The SMILES string of the molecule is Cn1c(Cc2ccccc2)nnc1SCC(=O)Nc1sc2c(c1C#N)CC[C@@H](C(C)(C)C)C2. The highest BCUT2D eigenvalue weighted by molar-refractivity contribution is 7.99. The van der Waals surface area contributed by atoms with E-state index in [1.165, 1.54) is 22.2 Å². The van der Waals surface area contributed by atoms with Crippen LogP contribution in [0.5, 0.6) is 0 Å². The Hall–Kier alpha value is -2.63. The fraction of sp³-hybridized carbons (Fsp3) is 0.440.